The second-order valence-electron chi connectivity index (χ2n) is 4.57. The van der Waals surface area contributed by atoms with E-state index in [0.29, 0.717) is 0 Å². The number of amides is 1. The maximum atomic E-state index is 13.3. The van der Waals surface area contributed by atoms with E-state index in [1.54, 1.807) is 12.1 Å². The lowest BCUT2D eigenvalue weighted by molar-refractivity contribution is -0.115. The Bertz CT molecular complexity index is 396. The lowest BCUT2D eigenvalue weighted by Gasteiger charge is -2.18. The van der Waals surface area contributed by atoms with Crippen LogP contribution in [0.4, 0.5) is 10.1 Å². The Kier molecular flexibility index (Phi) is 5.74. The third-order valence-corrected chi connectivity index (χ3v) is 2.40. The number of nitrogens with one attached hydrogen (secondary N) is 2. The van der Waals surface area contributed by atoms with Gasteiger partial charge in [-0.15, -0.1) is 0 Å². The van der Waals surface area contributed by atoms with Gasteiger partial charge in [-0.1, -0.05) is 12.1 Å². The molecular formula is C13H20FN3O. The maximum absolute atomic E-state index is 13.3. The highest BCUT2D eigenvalue weighted by Gasteiger charge is 2.08. The molecule has 18 heavy (non-hydrogen) atoms. The molecule has 1 aromatic rings. The van der Waals surface area contributed by atoms with E-state index in [1.807, 2.05) is 25.9 Å². The number of carbonyl (C=O) groups excluding carboxylic acids is 1. The van der Waals surface area contributed by atoms with E-state index in [-0.39, 0.29) is 24.2 Å². The highest BCUT2D eigenvalue weighted by molar-refractivity contribution is 5.92. The average Bonchev–Trinajstić information content (AvgIpc) is 2.29. The van der Waals surface area contributed by atoms with Crippen LogP contribution in [0.25, 0.3) is 0 Å². The number of rotatable bonds is 6. The minimum Gasteiger partial charge on any atom is -0.322 e. The van der Waals surface area contributed by atoms with E-state index in [9.17, 15) is 9.18 Å². The summed E-state index contributed by atoms with van der Waals surface area (Å²) in [6.45, 7) is 3.01. The first-order valence-corrected chi connectivity index (χ1v) is 5.91. The van der Waals surface area contributed by atoms with Gasteiger partial charge in [0.25, 0.3) is 0 Å². The van der Waals surface area contributed by atoms with E-state index in [4.69, 9.17) is 0 Å². The zero-order valence-electron chi connectivity index (χ0n) is 11.0. The van der Waals surface area contributed by atoms with Gasteiger partial charge in [0, 0.05) is 12.6 Å². The molecule has 0 spiro atoms. The number of nitrogens with zero attached hydrogens (tertiary/aromatic N) is 1. The minimum atomic E-state index is -0.424. The Hall–Kier alpha value is -1.46. The molecule has 0 aromatic heterocycles. The third-order valence-electron chi connectivity index (χ3n) is 2.40. The number of hydrogen-bond donors (Lipinski definition) is 2. The van der Waals surface area contributed by atoms with Crippen molar-refractivity contribution in [3.63, 3.8) is 0 Å². The molecule has 0 fully saturated rings. The van der Waals surface area contributed by atoms with Gasteiger partial charge in [0.15, 0.2) is 0 Å². The summed E-state index contributed by atoms with van der Waals surface area (Å²) < 4.78 is 13.3. The Labute approximate surface area is 107 Å². The summed E-state index contributed by atoms with van der Waals surface area (Å²) in [5.41, 5.74) is 0.213. The van der Waals surface area contributed by atoms with Gasteiger partial charge < -0.3 is 15.5 Å². The molecule has 0 aliphatic rings. The minimum absolute atomic E-state index is 0.170. The molecule has 0 bridgehead atoms. The molecule has 0 radical (unpaired) electrons. The standard InChI is InChI=1S/C13H20FN3O/c1-10(9-17(2)3)15-8-13(18)16-12-7-5-4-6-11(12)14/h4-7,10,15H,8-9H2,1-3H3,(H,16,18). The molecular weight excluding hydrogens is 233 g/mol. The van der Waals surface area contributed by atoms with E-state index in [0.717, 1.165) is 6.54 Å². The van der Waals surface area contributed by atoms with Crippen molar-refractivity contribution in [3.8, 4) is 0 Å². The van der Waals surface area contributed by atoms with Crippen LogP contribution in [0, 0.1) is 5.82 Å². The van der Waals surface area contributed by atoms with Gasteiger partial charge in [0.05, 0.1) is 12.2 Å². The number of hydrogen-bond acceptors (Lipinski definition) is 3. The van der Waals surface area contributed by atoms with Crippen molar-refractivity contribution in [2.75, 3.05) is 32.5 Å². The van der Waals surface area contributed by atoms with Crippen molar-refractivity contribution in [2.45, 2.75) is 13.0 Å². The van der Waals surface area contributed by atoms with E-state index in [2.05, 4.69) is 10.6 Å². The van der Waals surface area contributed by atoms with E-state index in [1.165, 1.54) is 12.1 Å². The summed E-state index contributed by atoms with van der Waals surface area (Å²) >= 11 is 0. The summed E-state index contributed by atoms with van der Waals surface area (Å²) in [5.74, 6) is -0.669. The Morgan fingerprint density at radius 2 is 2.06 bits per heavy atom. The molecule has 0 aliphatic carbocycles. The fraction of sp³-hybridized carbons (Fsp3) is 0.462. The average molecular weight is 253 g/mol. The molecule has 1 atom stereocenters. The fourth-order valence-electron chi connectivity index (χ4n) is 1.64. The highest BCUT2D eigenvalue weighted by atomic mass is 19.1. The molecule has 100 valence electrons. The van der Waals surface area contributed by atoms with Crippen molar-refractivity contribution in [3.05, 3.63) is 30.1 Å². The van der Waals surface area contributed by atoms with E-state index < -0.39 is 5.82 Å². The quantitative estimate of drug-likeness (QED) is 0.803. The summed E-state index contributed by atoms with van der Waals surface area (Å²) in [4.78, 5) is 13.6. The van der Waals surface area contributed by atoms with Gasteiger partial charge in [0.1, 0.15) is 5.82 Å². The summed E-state index contributed by atoms with van der Waals surface area (Å²) in [6.07, 6.45) is 0. The number of likely N-dealkylation sites (N-methyl/N-ethyl adjacent to an activating group) is 1. The zero-order chi connectivity index (χ0) is 13.5. The van der Waals surface area contributed by atoms with Crippen LogP contribution in [0.5, 0.6) is 0 Å². The smallest absolute Gasteiger partial charge is 0.238 e. The van der Waals surface area contributed by atoms with Crippen molar-refractivity contribution < 1.29 is 9.18 Å². The number of anilines is 1. The predicted octanol–water partition coefficient (Wildman–Crippen LogP) is 1.30. The Balaban J connectivity index is 2.36. The maximum Gasteiger partial charge on any atom is 0.238 e. The van der Waals surface area contributed by atoms with Gasteiger partial charge in [-0.25, -0.2) is 4.39 Å². The van der Waals surface area contributed by atoms with Gasteiger partial charge in [0.2, 0.25) is 5.91 Å². The normalized spacial score (nSPS) is 12.5. The van der Waals surface area contributed by atoms with Crippen molar-refractivity contribution >= 4 is 11.6 Å². The first kappa shape index (κ1) is 14.6. The van der Waals surface area contributed by atoms with Crippen LogP contribution >= 0.6 is 0 Å². The van der Waals surface area contributed by atoms with E-state index >= 15 is 0 Å². The van der Waals surface area contributed by atoms with Crippen LogP contribution in [0.15, 0.2) is 24.3 Å². The molecule has 0 saturated carbocycles. The van der Waals surface area contributed by atoms with Gasteiger partial charge in [-0.3, -0.25) is 4.79 Å². The molecule has 0 heterocycles. The molecule has 2 N–H and O–H groups in total. The van der Waals surface area contributed by atoms with Crippen LogP contribution in [-0.2, 0) is 4.79 Å². The summed E-state index contributed by atoms with van der Waals surface area (Å²) in [6, 6.07) is 6.32. The third kappa shape index (κ3) is 5.25. The first-order chi connectivity index (χ1) is 8.49. The van der Waals surface area contributed by atoms with Crippen LogP contribution < -0.4 is 10.6 Å². The zero-order valence-corrected chi connectivity index (χ0v) is 11.0. The monoisotopic (exact) mass is 253 g/mol. The SMILES string of the molecule is CC(CN(C)C)NCC(=O)Nc1ccccc1F. The molecule has 5 heteroatoms. The topological polar surface area (TPSA) is 44.4 Å². The molecule has 1 rings (SSSR count). The molecule has 1 unspecified atom stereocenters. The molecule has 1 aromatic carbocycles. The van der Waals surface area contributed by atoms with Crippen LogP contribution in [0.1, 0.15) is 6.92 Å². The Morgan fingerprint density at radius 1 is 1.39 bits per heavy atom. The largest absolute Gasteiger partial charge is 0.322 e. The number of halogens is 1. The molecule has 1 amide bonds. The second kappa shape index (κ2) is 7.08. The van der Waals surface area contributed by atoms with Crippen molar-refractivity contribution in [2.24, 2.45) is 0 Å². The number of carbonyl (C=O) groups is 1. The van der Waals surface area contributed by atoms with Crippen molar-refractivity contribution in [1.82, 2.24) is 10.2 Å². The fourth-order valence-corrected chi connectivity index (χ4v) is 1.64. The number of para-hydroxylation sites is 1. The van der Waals surface area contributed by atoms with Gasteiger partial charge >= 0.3 is 0 Å². The lowest BCUT2D eigenvalue weighted by atomic mass is 10.3. The van der Waals surface area contributed by atoms with Crippen LogP contribution in [0.3, 0.4) is 0 Å². The Morgan fingerprint density at radius 3 is 2.67 bits per heavy atom. The summed E-state index contributed by atoms with van der Waals surface area (Å²) in [7, 11) is 3.94. The molecule has 0 saturated heterocycles. The highest BCUT2D eigenvalue weighted by Crippen LogP contribution is 2.11. The predicted molar refractivity (Wildman–Crippen MR) is 71.0 cm³/mol. The van der Waals surface area contributed by atoms with Gasteiger partial charge in [-0.2, -0.15) is 0 Å². The van der Waals surface area contributed by atoms with Crippen molar-refractivity contribution in [1.29, 1.82) is 0 Å². The van der Waals surface area contributed by atoms with Crippen LogP contribution in [0.2, 0.25) is 0 Å². The molecule has 4 nitrogen and oxygen atoms in total. The summed E-state index contributed by atoms with van der Waals surface area (Å²) in [5, 5.41) is 5.61. The molecule has 0 aliphatic heterocycles. The lowest BCUT2D eigenvalue weighted by Crippen LogP contribution is -2.40. The number of benzene rings is 1. The van der Waals surface area contributed by atoms with Crippen LogP contribution in [-0.4, -0.2) is 44.0 Å². The first-order valence-electron chi connectivity index (χ1n) is 5.91. The van der Waals surface area contributed by atoms with Gasteiger partial charge in [-0.05, 0) is 33.2 Å². The second-order valence-corrected chi connectivity index (χ2v) is 4.57.